The molecule has 7 nitrogen and oxygen atoms in total. The van der Waals surface area contributed by atoms with Gasteiger partial charge in [0.05, 0.1) is 23.6 Å². The van der Waals surface area contributed by atoms with Crippen LogP contribution in [0.2, 0.25) is 0 Å². The summed E-state index contributed by atoms with van der Waals surface area (Å²) in [6.45, 7) is 6.60. The van der Waals surface area contributed by atoms with Crippen molar-refractivity contribution in [1.82, 2.24) is 14.8 Å². The summed E-state index contributed by atoms with van der Waals surface area (Å²) in [4.78, 5) is 40.7. The first-order chi connectivity index (χ1) is 23.0. The summed E-state index contributed by atoms with van der Waals surface area (Å²) in [6.07, 6.45) is -10.8. The molecular weight excluding hydrogens is 678 g/mol. The van der Waals surface area contributed by atoms with Gasteiger partial charge in [0, 0.05) is 23.4 Å². The van der Waals surface area contributed by atoms with Gasteiger partial charge in [-0.1, -0.05) is 32.0 Å². The van der Waals surface area contributed by atoms with E-state index >= 15 is 8.78 Å². The lowest BCUT2D eigenvalue weighted by Crippen LogP contribution is -2.41. The van der Waals surface area contributed by atoms with Gasteiger partial charge in [0.15, 0.2) is 0 Å². The van der Waals surface area contributed by atoms with E-state index in [1.807, 2.05) is 0 Å². The Labute approximate surface area is 283 Å². The number of nitrogens with one attached hydrogen (secondary N) is 1. The number of nitrogens with zero attached hydrogens (tertiary/aromatic N) is 2. The predicted octanol–water partition coefficient (Wildman–Crippen LogP) is 7.86. The minimum atomic E-state index is -5.37. The van der Waals surface area contributed by atoms with Gasteiger partial charge in [-0.2, -0.15) is 26.3 Å². The van der Waals surface area contributed by atoms with Gasteiger partial charge in [0.25, 0.3) is 5.56 Å². The largest absolute Gasteiger partial charge is 0.481 e. The first kappa shape index (κ1) is 40.2. The van der Waals surface area contributed by atoms with E-state index in [0.29, 0.717) is 23.7 Å². The number of aryl methyl sites for hydroxylation is 3. The normalized spacial score (nSPS) is 13.5. The van der Waals surface area contributed by atoms with Crippen LogP contribution in [0.1, 0.15) is 78.6 Å². The van der Waals surface area contributed by atoms with Crippen molar-refractivity contribution in [1.29, 1.82) is 0 Å². The van der Waals surface area contributed by atoms with Crippen molar-refractivity contribution in [3.05, 3.63) is 91.9 Å². The standard InChI is InChI=1S/C35H39F8N3O4/c1-18(2)13-26(46-17-21(11-8-12-45(5)6)23(15-27(46)47)34(38,39)40)33(50)44-25(16-28(48)49)30-31(36)22(14-24(32(30)37)35(41,42)43)29-19(3)9-7-10-20(29)4/h7,9-10,14-15,17-18,25-26H,8,11-13,16H2,1-6H3,(H,44,50)(H,48,49). The molecule has 2 atom stereocenters. The van der Waals surface area contributed by atoms with Crippen LogP contribution in [-0.2, 0) is 28.4 Å². The van der Waals surface area contributed by atoms with Crippen molar-refractivity contribution in [3.8, 4) is 11.1 Å². The number of aliphatic carboxylic acids is 1. The number of carboxylic acids is 1. The molecule has 1 heterocycles. The Kier molecular flexibility index (Phi) is 12.6. The second-order valence-electron chi connectivity index (χ2n) is 12.9. The number of rotatable bonds is 13. The van der Waals surface area contributed by atoms with E-state index in [2.05, 4.69) is 5.32 Å². The van der Waals surface area contributed by atoms with E-state index in [-0.39, 0.29) is 36.5 Å². The highest BCUT2D eigenvalue weighted by molar-refractivity contribution is 5.82. The monoisotopic (exact) mass is 717 g/mol. The second kappa shape index (κ2) is 15.7. The van der Waals surface area contributed by atoms with Gasteiger partial charge in [-0.25, -0.2) is 8.78 Å². The maximum absolute atomic E-state index is 16.4. The molecule has 50 heavy (non-hydrogen) atoms. The van der Waals surface area contributed by atoms with Gasteiger partial charge in [-0.15, -0.1) is 0 Å². The van der Waals surface area contributed by atoms with E-state index in [1.54, 1.807) is 38.9 Å². The number of aromatic nitrogens is 1. The van der Waals surface area contributed by atoms with Gasteiger partial charge >= 0.3 is 18.3 Å². The smallest absolute Gasteiger partial charge is 0.419 e. The number of hydrogen-bond acceptors (Lipinski definition) is 4. The summed E-state index contributed by atoms with van der Waals surface area (Å²) in [5.74, 6) is -7.08. The molecule has 0 bridgehead atoms. The lowest BCUT2D eigenvalue weighted by atomic mass is 9.89. The zero-order chi connectivity index (χ0) is 37.9. The molecule has 0 fully saturated rings. The van der Waals surface area contributed by atoms with Gasteiger partial charge in [0.1, 0.15) is 17.7 Å². The predicted molar refractivity (Wildman–Crippen MR) is 170 cm³/mol. The molecular formula is C35H39F8N3O4. The van der Waals surface area contributed by atoms with Gasteiger partial charge in [0.2, 0.25) is 5.91 Å². The van der Waals surface area contributed by atoms with Crippen LogP contribution in [0, 0.1) is 31.4 Å². The number of hydrogen-bond donors (Lipinski definition) is 2. The van der Waals surface area contributed by atoms with Crippen LogP contribution >= 0.6 is 0 Å². The lowest BCUT2D eigenvalue weighted by Gasteiger charge is -2.27. The molecule has 1 aromatic heterocycles. The Balaban J connectivity index is 2.26. The summed E-state index contributed by atoms with van der Waals surface area (Å²) in [5.41, 5.74) is -6.08. The van der Waals surface area contributed by atoms with Gasteiger partial charge in [-0.3, -0.25) is 14.4 Å². The number of alkyl halides is 6. The molecule has 274 valence electrons. The fourth-order valence-electron chi connectivity index (χ4n) is 5.94. The molecule has 3 rings (SSSR count). The maximum atomic E-state index is 16.4. The zero-order valence-electron chi connectivity index (χ0n) is 28.3. The summed E-state index contributed by atoms with van der Waals surface area (Å²) in [5, 5.41) is 11.8. The van der Waals surface area contributed by atoms with E-state index in [1.165, 1.54) is 26.0 Å². The third kappa shape index (κ3) is 9.49. The third-order valence-corrected chi connectivity index (χ3v) is 8.19. The van der Waals surface area contributed by atoms with Crippen LogP contribution in [0.5, 0.6) is 0 Å². The van der Waals surface area contributed by atoms with Crippen molar-refractivity contribution >= 4 is 11.9 Å². The summed E-state index contributed by atoms with van der Waals surface area (Å²) in [7, 11) is 3.42. The van der Waals surface area contributed by atoms with Crippen molar-refractivity contribution < 1.29 is 49.8 Å². The first-order valence-corrected chi connectivity index (χ1v) is 15.7. The number of amides is 1. The van der Waals surface area contributed by atoms with E-state index in [0.717, 1.165) is 10.8 Å². The van der Waals surface area contributed by atoms with Crippen LogP contribution < -0.4 is 10.9 Å². The Morgan fingerprint density at radius 2 is 1.52 bits per heavy atom. The number of halogens is 8. The number of pyridine rings is 1. The molecule has 0 aliphatic carbocycles. The van der Waals surface area contributed by atoms with Crippen LogP contribution in [0.15, 0.2) is 41.3 Å². The van der Waals surface area contributed by atoms with Gasteiger partial charge < -0.3 is 19.9 Å². The molecule has 0 spiro atoms. The molecule has 2 aromatic carbocycles. The van der Waals surface area contributed by atoms with Crippen molar-refractivity contribution in [2.45, 2.75) is 77.8 Å². The topological polar surface area (TPSA) is 91.6 Å². The molecule has 3 aromatic rings. The Morgan fingerprint density at radius 1 is 0.940 bits per heavy atom. The Morgan fingerprint density at radius 3 is 2.02 bits per heavy atom. The SMILES string of the molecule is Cc1cccc(C)c1-c1cc(C(F)(F)F)c(F)c(C(CC(=O)O)NC(=O)C(CC(C)C)n2cc(CCCN(C)C)c(C(F)(F)F)cc2=O)c1F. The van der Waals surface area contributed by atoms with Crippen LogP contribution in [-0.4, -0.2) is 47.1 Å². The summed E-state index contributed by atoms with van der Waals surface area (Å²) >= 11 is 0. The van der Waals surface area contributed by atoms with Gasteiger partial charge in [-0.05, 0) is 88.0 Å². The van der Waals surface area contributed by atoms with Crippen molar-refractivity contribution in [2.24, 2.45) is 5.92 Å². The zero-order valence-corrected chi connectivity index (χ0v) is 28.3. The average Bonchev–Trinajstić information content (AvgIpc) is 2.95. The molecule has 2 unspecified atom stereocenters. The third-order valence-electron chi connectivity index (χ3n) is 8.19. The molecule has 2 N–H and O–H groups in total. The highest BCUT2D eigenvalue weighted by Crippen LogP contribution is 2.42. The molecule has 0 aliphatic rings. The molecule has 0 radical (unpaired) electrons. The molecule has 0 saturated carbocycles. The Hall–Kier alpha value is -4.27. The average molecular weight is 718 g/mol. The molecule has 0 aliphatic heterocycles. The van der Waals surface area contributed by atoms with Crippen LogP contribution in [0.25, 0.3) is 11.1 Å². The van der Waals surface area contributed by atoms with Crippen LogP contribution in [0.4, 0.5) is 35.1 Å². The first-order valence-electron chi connectivity index (χ1n) is 15.7. The van der Waals surface area contributed by atoms with Crippen LogP contribution in [0.3, 0.4) is 0 Å². The second-order valence-corrected chi connectivity index (χ2v) is 12.9. The quantitative estimate of drug-likeness (QED) is 0.176. The lowest BCUT2D eigenvalue weighted by molar-refractivity contribution is -0.140. The molecule has 1 amide bonds. The minimum absolute atomic E-state index is 0.00654. The van der Waals surface area contributed by atoms with E-state index in [9.17, 15) is 45.8 Å². The fraction of sp³-hybridized carbons (Fsp3) is 0.457. The minimum Gasteiger partial charge on any atom is -0.481 e. The summed E-state index contributed by atoms with van der Waals surface area (Å²) in [6, 6.07) is 1.30. The molecule has 15 heteroatoms. The number of carbonyl (C=O) groups is 2. The maximum Gasteiger partial charge on any atom is 0.419 e. The van der Waals surface area contributed by atoms with E-state index in [4.69, 9.17) is 0 Å². The van der Waals surface area contributed by atoms with E-state index < -0.39 is 88.1 Å². The number of carbonyl (C=O) groups excluding carboxylic acids is 1. The highest BCUT2D eigenvalue weighted by atomic mass is 19.4. The summed E-state index contributed by atoms with van der Waals surface area (Å²) < 4.78 is 117. The molecule has 0 saturated heterocycles. The number of benzene rings is 2. The Bertz CT molecular complexity index is 1760. The van der Waals surface area contributed by atoms with Crippen molar-refractivity contribution in [3.63, 3.8) is 0 Å². The number of carboxylic acid groups (broad SMARTS) is 1. The fourth-order valence-corrected chi connectivity index (χ4v) is 5.94. The van der Waals surface area contributed by atoms with Crippen molar-refractivity contribution in [2.75, 3.05) is 20.6 Å². The highest BCUT2D eigenvalue weighted by Gasteiger charge is 2.41.